The van der Waals surface area contributed by atoms with Crippen LogP contribution in [0.1, 0.15) is 26.3 Å². The van der Waals surface area contributed by atoms with E-state index in [0.717, 1.165) is 5.56 Å². The van der Waals surface area contributed by atoms with E-state index in [1.54, 1.807) is 18.3 Å². The third kappa shape index (κ3) is 4.48. The van der Waals surface area contributed by atoms with Crippen molar-refractivity contribution in [2.75, 3.05) is 0 Å². The molecule has 1 aromatic heterocycles. The van der Waals surface area contributed by atoms with E-state index in [-0.39, 0.29) is 11.5 Å². The number of hydrogen-bond acceptors (Lipinski definition) is 1. The van der Waals surface area contributed by atoms with Gasteiger partial charge in [-0.2, -0.15) is 0 Å². The Kier molecular flexibility index (Phi) is 5.00. The molecular formula is C17H20ClFN2O2. The molecule has 0 fully saturated rings. The predicted molar refractivity (Wildman–Crippen MR) is 89.3 cm³/mol. The second kappa shape index (κ2) is 6.62. The summed E-state index contributed by atoms with van der Waals surface area (Å²) in [5.41, 5.74) is 1.74. The average Bonchev–Trinajstić information content (AvgIpc) is 2.84. The molecule has 2 rings (SSSR count). The van der Waals surface area contributed by atoms with E-state index in [9.17, 15) is 9.18 Å². The first-order valence-electron chi connectivity index (χ1n) is 7.29. The Hall–Kier alpha value is -2.01. The lowest BCUT2D eigenvalue weighted by atomic mass is 9.83. The van der Waals surface area contributed by atoms with E-state index >= 15 is 0 Å². The van der Waals surface area contributed by atoms with E-state index in [1.165, 1.54) is 6.07 Å². The Morgan fingerprint density at radius 3 is 2.65 bits per heavy atom. The van der Waals surface area contributed by atoms with Gasteiger partial charge >= 0.3 is 6.09 Å². The van der Waals surface area contributed by atoms with Gasteiger partial charge in [0.1, 0.15) is 5.82 Å². The Morgan fingerprint density at radius 1 is 1.39 bits per heavy atom. The minimum absolute atomic E-state index is 0.235. The lowest BCUT2D eigenvalue weighted by Gasteiger charge is -2.30. The van der Waals surface area contributed by atoms with Crippen LogP contribution < -0.4 is 5.32 Å². The fraction of sp³-hybridized carbons (Fsp3) is 0.353. The molecule has 4 nitrogen and oxygen atoms in total. The molecule has 1 heterocycles. The number of H-pyrrole nitrogens is 1. The van der Waals surface area contributed by atoms with Crippen LogP contribution in [-0.4, -0.2) is 22.2 Å². The predicted octanol–water partition coefficient (Wildman–Crippen LogP) is 4.70. The fourth-order valence-corrected chi connectivity index (χ4v) is 2.54. The van der Waals surface area contributed by atoms with Crippen LogP contribution in [0.4, 0.5) is 9.18 Å². The number of carboxylic acid groups (broad SMARTS) is 1. The smallest absolute Gasteiger partial charge is 0.404 e. The summed E-state index contributed by atoms with van der Waals surface area (Å²) in [5, 5.41) is 11.9. The molecule has 0 bridgehead atoms. The standard InChI is InChI=1S/C17H20ClFN2O2/c1-17(2,3)15(21-16(22)23)7-10-6-14(20-9-10)12-5-4-11(18)8-13(12)19/h4-6,8-9,15,20-21H,7H2,1-3H3,(H,22,23). The van der Waals surface area contributed by atoms with Crippen molar-refractivity contribution in [3.8, 4) is 11.3 Å². The minimum Gasteiger partial charge on any atom is -0.465 e. The molecule has 0 radical (unpaired) electrons. The molecular weight excluding hydrogens is 319 g/mol. The van der Waals surface area contributed by atoms with Crippen molar-refractivity contribution in [2.45, 2.75) is 33.2 Å². The van der Waals surface area contributed by atoms with Crippen LogP contribution in [0.15, 0.2) is 30.5 Å². The van der Waals surface area contributed by atoms with Gasteiger partial charge in [-0.15, -0.1) is 0 Å². The lowest BCUT2D eigenvalue weighted by Crippen LogP contribution is -2.44. The zero-order valence-electron chi connectivity index (χ0n) is 13.3. The molecule has 1 amide bonds. The third-order valence-electron chi connectivity index (χ3n) is 3.75. The summed E-state index contributed by atoms with van der Waals surface area (Å²) >= 11 is 5.76. The molecule has 0 aliphatic heterocycles. The highest BCUT2D eigenvalue weighted by atomic mass is 35.5. The van der Waals surface area contributed by atoms with Crippen LogP contribution in [0.2, 0.25) is 5.02 Å². The zero-order valence-corrected chi connectivity index (χ0v) is 14.0. The minimum atomic E-state index is -1.05. The van der Waals surface area contributed by atoms with Crippen LogP contribution in [0, 0.1) is 11.2 Å². The van der Waals surface area contributed by atoms with Crippen LogP contribution >= 0.6 is 11.6 Å². The number of aromatic amines is 1. The van der Waals surface area contributed by atoms with E-state index in [1.807, 2.05) is 26.8 Å². The maximum absolute atomic E-state index is 14.0. The van der Waals surface area contributed by atoms with Gasteiger partial charge in [0.05, 0.1) is 0 Å². The molecule has 3 N–H and O–H groups in total. The quantitative estimate of drug-likeness (QED) is 0.756. The van der Waals surface area contributed by atoms with Gasteiger partial charge in [0.15, 0.2) is 0 Å². The van der Waals surface area contributed by atoms with Gasteiger partial charge in [0, 0.05) is 28.5 Å². The summed E-state index contributed by atoms with van der Waals surface area (Å²) in [6, 6.07) is 6.09. The second-order valence-electron chi connectivity index (χ2n) is 6.62. The molecule has 1 unspecified atom stereocenters. The van der Waals surface area contributed by atoms with Gasteiger partial charge in [0.25, 0.3) is 0 Å². The van der Waals surface area contributed by atoms with Crippen molar-refractivity contribution in [2.24, 2.45) is 5.41 Å². The van der Waals surface area contributed by atoms with Gasteiger partial charge in [-0.3, -0.25) is 0 Å². The number of hydrogen-bond donors (Lipinski definition) is 3. The highest BCUT2D eigenvalue weighted by Gasteiger charge is 2.26. The van der Waals surface area contributed by atoms with E-state index in [2.05, 4.69) is 10.3 Å². The Bertz CT molecular complexity index is 707. The van der Waals surface area contributed by atoms with Crippen molar-refractivity contribution >= 4 is 17.7 Å². The zero-order chi connectivity index (χ0) is 17.2. The normalized spacial score (nSPS) is 12.9. The summed E-state index contributed by atoms with van der Waals surface area (Å²) in [5.74, 6) is -0.401. The third-order valence-corrected chi connectivity index (χ3v) is 3.98. The highest BCUT2D eigenvalue weighted by molar-refractivity contribution is 6.30. The molecule has 0 aliphatic rings. The molecule has 2 aromatic rings. The van der Waals surface area contributed by atoms with E-state index < -0.39 is 11.9 Å². The molecule has 0 saturated carbocycles. The largest absolute Gasteiger partial charge is 0.465 e. The van der Waals surface area contributed by atoms with Crippen LogP contribution in [0.25, 0.3) is 11.3 Å². The monoisotopic (exact) mass is 338 g/mol. The molecule has 1 atom stereocenters. The first kappa shape index (κ1) is 17.3. The van der Waals surface area contributed by atoms with Gasteiger partial charge < -0.3 is 15.4 Å². The Labute approximate surface area is 139 Å². The number of nitrogens with one attached hydrogen (secondary N) is 2. The lowest BCUT2D eigenvalue weighted by molar-refractivity contribution is 0.174. The molecule has 0 saturated heterocycles. The number of aromatic nitrogens is 1. The molecule has 124 valence electrons. The summed E-state index contributed by atoms with van der Waals surface area (Å²) in [7, 11) is 0. The van der Waals surface area contributed by atoms with Crippen molar-refractivity contribution < 1.29 is 14.3 Å². The SMILES string of the molecule is CC(C)(C)C(Cc1c[nH]c(-c2ccc(Cl)cc2F)c1)NC(=O)O. The number of carbonyl (C=O) groups is 1. The Morgan fingerprint density at radius 2 is 2.09 bits per heavy atom. The number of rotatable bonds is 4. The molecule has 0 spiro atoms. The Balaban J connectivity index is 2.22. The maximum Gasteiger partial charge on any atom is 0.404 e. The van der Waals surface area contributed by atoms with Crippen LogP contribution in [0.5, 0.6) is 0 Å². The van der Waals surface area contributed by atoms with Crippen molar-refractivity contribution in [3.63, 3.8) is 0 Å². The fourth-order valence-electron chi connectivity index (χ4n) is 2.38. The first-order chi connectivity index (χ1) is 10.7. The van der Waals surface area contributed by atoms with Crippen molar-refractivity contribution in [3.05, 3.63) is 46.9 Å². The van der Waals surface area contributed by atoms with E-state index in [4.69, 9.17) is 16.7 Å². The van der Waals surface area contributed by atoms with Gasteiger partial charge in [0.2, 0.25) is 0 Å². The summed E-state index contributed by atoms with van der Waals surface area (Å²) in [4.78, 5) is 14.0. The topological polar surface area (TPSA) is 65.1 Å². The number of amides is 1. The average molecular weight is 339 g/mol. The molecule has 0 aliphatic carbocycles. The molecule has 23 heavy (non-hydrogen) atoms. The van der Waals surface area contributed by atoms with Crippen molar-refractivity contribution in [1.29, 1.82) is 0 Å². The molecule has 6 heteroatoms. The number of halogens is 2. The van der Waals surface area contributed by atoms with Gasteiger partial charge in [-0.1, -0.05) is 32.4 Å². The van der Waals surface area contributed by atoms with Crippen molar-refractivity contribution in [1.82, 2.24) is 10.3 Å². The number of benzene rings is 1. The summed E-state index contributed by atoms with van der Waals surface area (Å²) < 4.78 is 14.0. The maximum atomic E-state index is 14.0. The molecule has 1 aromatic carbocycles. The van der Waals surface area contributed by atoms with E-state index in [0.29, 0.717) is 22.7 Å². The summed E-state index contributed by atoms with van der Waals surface area (Å²) in [6.45, 7) is 5.92. The van der Waals surface area contributed by atoms with Crippen LogP contribution in [-0.2, 0) is 6.42 Å². The first-order valence-corrected chi connectivity index (χ1v) is 7.67. The van der Waals surface area contributed by atoms with Gasteiger partial charge in [-0.25, -0.2) is 9.18 Å². The highest BCUT2D eigenvalue weighted by Crippen LogP contribution is 2.27. The summed E-state index contributed by atoms with van der Waals surface area (Å²) in [6.07, 6.45) is 1.23. The second-order valence-corrected chi connectivity index (χ2v) is 7.05. The van der Waals surface area contributed by atoms with Crippen LogP contribution in [0.3, 0.4) is 0 Å². The van der Waals surface area contributed by atoms with Gasteiger partial charge in [-0.05, 0) is 41.7 Å².